The zero-order chi connectivity index (χ0) is 48.3. The van der Waals surface area contributed by atoms with Gasteiger partial charge in [0.1, 0.15) is 36.6 Å². The van der Waals surface area contributed by atoms with E-state index in [-0.39, 0.29) is 12.8 Å². The minimum absolute atomic E-state index is 0.237. The van der Waals surface area contributed by atoms with Crippen LogP contribution in [-0.4, -0.2) is 110 Å². The summed E-state index contributed by atoms with van der Waals surface area (Å²) in [5.74, 6) is -0.719. The highest BCUT2D eigenvalue weighted by atomic mass is 16.7. The first-order chi connectivity index (χ1) is 32.2. The van der Waals surface area contributed by atoms with E-state index in [1.165, 1.54) is 96.3 Å². The van der Waals surface area contributed by atoms with Gasteiger partial charge in [0.2, 0.25) is 5.91 Å². The molecule has 0 aromatic rings. The van der Waals surface area contributed by atoms with E-state index in [0.29, 0.717) is 19.3 Å². The summed E-state index contributed by atoms with van der Waals surface area (Å²) in [6.45, 7) is 3.38. The van der Waals surface area contributed by atoms with E-state index in [1.54, 1.807) is 0 Å². The molecule has 0 saturated carbocycles. The third-order valence-corrected chi connectivity index (χ3v) is 12.5. The van der Waals surface area contributed by atoms with Gasteiger partial charge in [-0.05, 0) is 89.9 Å². The molecule has 0 aromatic heterocycles. The normalized spacial score (nSPS) is 21.3. The second kappa shape index (κ2) is 44.0. The van der Waals surface area contributed by atoms with Crippen LogP contribution in [0.25, 0.3) is 0 Å². The highest BCUT2D eigenvalue weighted by Crippen LogP contribution is 2.23. The van der Waals surface area contributed by atoms with Crippen LogP contribution in [0.5, 0.6) is 0 Å². The minimum Gasteiger partial charge on any atom is -0.394 e. The number of hydrogen-bond acceptors (Lipinski definition) is 10. The van der Waals surface area contributed by atoms with Crippen molar-refractivity contribution in [2.45, 2.75) is 268 Å². The summed E-state index contributed by atoms with van der Waals surface area (Å²) in [7, 11) is 0. The molecule has 0 aromatic carbocycles. The molecule has 0 radical (unpaired) electrons. The van der Waals surface area contributed by atoms with Gasteiger partial charge in [-0.1, -0.05) is 184 Å². The van der Waals surface area contributed by atoms with Crippen molar-refractivity contribution in [1.82, 2.24) is 5.32 Å². The Morgan fingerprint density at radius 3 is 1.48 bits per heavy atom. The molecule has 1 saturated heterocycles. The number of aliphatic hydroxyl groups is 7. The Morgan fingerprint density at radius 1 is 0.530 bits per heavy atom. The highest BCUT2D eigenvalue weighted by Gasteiger charge is 2.44. The van der Waals surface area contributed by atoms with Crippen molar-refractivity contribution in [3.8, 4) is 0 Å². The second-order valence-electron chi connectivity index (χ2n) is 18.6. The lowest BCUT2D eigenvalue weighted by atomic mass is 9.98. The van der Waals surface area contributed by atoms with Crippen LogP contribution in [0, 0.1) is 0 Å². The molecule has 1 heterocycles. The van der Waals surface area contributed by atoms with Gasteiger partial charge >= 0.3 is 0 Å². The Morgan fingerprint density at radius 2 is 0.970 bits per heavy atom. The molecule has 0 aliphatic carbocycles. The Hall–Kier alpha value is -2.19. The quantitative estimate of drug-likeness (QED) is 0.0216. The first-order valence-electron chi connectivity index (χ1n) is 26.7. The predicted molar refractivity (Wildman–Crippen MR) is 270 cm³/mol. The molecular weight excluding hydrogens is 835 g/mol. The molecule has 0 bridgehead atoms. The molecule has 0 spiro atoms. The van der Waals surface area contributed by atoms with Gasteiger partial charge in [-0.2, -0.15) is 0 Å². The average Bonchev–Trinajstić information content (AvgIpc) is 3.32. The summed E-state index contributed by atoms with van der Waals surface area (Å²) in [4.78, 5) is 13.1. The third-order valence-electron chi connectivity index (χ3n) is 12.5. The predicted octanol–water partition coefficient (Wildman–Crippen LogP) is 10.3. The lowest BCUT2D eigenvalue weighted by molar-refractivity contribution is -0.303. The average molecular weight is 934 g/mol. The molecule has 9 unspecified atom stereocenters. The lowest BCUT2D eigenvalue weighted by Gasteiger charge is -2.40. The summed E-state index contributed by atoms with van der Waals surface area (Å²) in [5, 5.41) is 75.9. The van der Waals surface area contributed by atoms with Gasteiger partial charge in [-0.3, -0.25) is 4.79 Å². The SMILES string of the molecule is CCCC/C=C/CC/C=C/CC/C=C/CCCC(O)C(O)C(COC1OC(CO)C(O)C(O)C1O)NC(=O)C(O)CCCCCCCCCC/C=C\C/C=C\CCCCCCCCCCC. The lowest BCUT2D eigenvalue weighted by Crippen LogP contribution is -2.60. The zero-order valence-corrected chi connectivity index (χ0v) is 41.7. The van der Waals surface area contributed by atoms with Crippen LogP contribution < -0.4 is 5.32 Å². The highest BCUT2D eigenvalue weighted by molar-refractivity contribution is 5.80. The number of carbonyl (C=O) groups excluding carboxylic acids is 1. The Labute approximate surface area is 401 Å². The van der Waals surface area contributed by atoms with E-state index in [4.69, 9.17) is 9.47 Å². The van der Waals surface area contributed by atoms with Gasteiger partial charge in [0.15, 0.2) is 6.29 Å². The molecule has 1 fully saturated rings. The maximum atomic E-state index is 13.1. The first-order valence-corrected chi connectivity index (χ1v) is 26.7. The van der Waals surface area contributed by atoms with Gasteiger partial charge in [-0.15, -0.1) is 0 Å². The van der Waals surface area contributed by atoms with Crippen LogP contribution in [0.3, 0.4) is 0 Å². The van der Waals surface area contributed by atoms with Crippen molar-refractivity contribution in [2.24, 2.45) is 0 Å². The molecule has 66 heavy (non-hydrogen) atoms. The van der Waals surface area contributed by atoms with Crippen molar-refractivity contribution in [1.29, 1.82) is 0 Å². The van der Waals surface area contributed by atoms with Crippen LogP contribution in [-0.2, 0) is 14.3 Å². The monoisotopic (exact) mass is 934 g/mol. The van der Waals surface area contributed by atoms with E-state index < -0.39 is 74.2 Å². The number of ether oxygens (including phenoxy) is 2. The topological polar surface area (TPSA) is 189 Å². The number of rotatable bonds is 44. The van der Waals surface area contributed by atoms with Crippen molar-refractivity contribution < 1.29 is 50.0 Å². The minimum atomic E-state index is -1.68. The molecule has 8 N–H and O–H groups in total. The summed E-state index contributed by atoms with van der Waals surface area (Å²) in [6.07, 6.45) is 44.1. The molecule has 1 aliphatic rings. The third kappa shape index (κ3) is 32.5. The van der Waals surface area contributed by atoms with E-state index in [2.05, 4.69) is 79.9 Å². The largest absolute Gasteiger partial charge is 0.394 e. The summed E-state index contributed by atoms with van der Waals surface area (Å²) >= 11 is 0. The Balaban J connectivity index is 2.38. The van der Waals surface area contributed by atoms with E-state index in [1.807, 2.05) is 0 Å². The Bertz CT molecular complexity index is 1250. The van der Waals surface area contributed by atoms with Crippen molar-refractivity contribution in [3.63, 3.8) is 0 Å². The molecule has 1 amide bonds. The number of nitrogens with one attached hydrogen (secondary N) is 1. The maximum absolute atomic E-state index is 13.1. The standard InChI is InChI=1S/C55H99NO10/c1-3-5-7-9-11-13-15-17-19-20-21-22-23-24-25-26-27-29-31-33-35-37-39-41-43-48(59)54(64)56-46(45-65-55-53(63)52(62)51(61)49(44-57)66-55)50(60)47(58)42-40-38-36-34-32-30-28-18-16-14-12-10-8-6-4-2/h10,12,18,21-22,24-25,28,34,36,46-53,55,57-63H,3-9,11,13-17,19-20,23,26-27,29-33,35,37-45H2,1-2H3,(H,56,64)/b12-10+,22-21-,25-24-,28-18+,36-34+. The van der Waals surface area contributed by atoms with Crippen molar-refractivity contribution in [2.75, 3.05) is 13.2 Å². The molecule has 1 aliphatic heterocycles. The summed E-state index contributed by atoms with van der Waals surface area (Å²) < 4.78 is 11.1. The van der Waals surface area contributed by atoms with Crippen molar-refractivity contribution in [3.05, 3.63) is 60.8 Å². The van der Waals surface area contributed by atoms with Gasteiger partial charge in [0, 0.05) is 0 Å². The number of carbonyl (C=O) groups is 1. The number of amides is 1. The Kier molecular flexibility index (Phi) is 41.3. The zero-order valence-electron chi connectivity index (χ0n) is 41.7. The number of allylic oxidation sites excluding steroid dienone is 10. The number of unbranched alkanes of at least 4 members (excludes halogenated alkanes) is 22. The fraction of sp³-hybridized carbons (Fsp3) is 0.800. The molecule has 384 valence electrons. The van der Waals surface area contributed by atoms with E-state index in [9.17, 15) is 40.5 Å². The van der Waals surface area contributed by atoms with Crippen LogP contribution in [0.1, 0.15) is 213 Å². The summed E-state index contributed by atoms with van der Waals surface area (Å²) in [5.41, 5.74) is 0. The van der Waals surface area contributed by atoms with Gasteiger partial charge in [0.25, 0.3) is 0 Å². The van der Waals surface area contributed by atoms with Crippen LogP contribution >= 0.6 is 0 Å². The molecule has 1 rings (SSSR count). The summed E-state index contributed by atoms with van der Waals surface area (Å²) in [6, 6.07) is -1.20. The van der Waals surface area contributed by atoms with Crippen LogP contribution in [0.15, 0.2) is 60.8 Å². The first kappa shape index (κ1) is 61.8. The molecule has 11 heteroatoms. The smallest absolute Gasteiger partial charge is 0.249 e. The molecule has 9 atom stereocenters. The van der Waals surface area contributed by atoms with Gasteiger partial charge < -0.3 is 50.5 Å². The van der Waals surface area contributed by atoms with Gasteiger partial charge in [0.05, 0.1) is 25.4 Å². The van der Waals surface area contributed by atoms with E-state index in [0.717, 1.165) is 70.6 Å². The van der Waals surface area contributed by atoms with Crippen LogP contribution in [0.4, 0.5) is 0 Å². The van der Waals surface area contributed by atoms with Crippen LogP contribution in [0.2, 0.25) is 0 Å². The van der Waals surface area contributed by atoms with E-state index >= 15 is 0 Å². The number of hydrogen-bond donors (Lipinski definition) is 8. The van der Waals surface area contributed by atoms with Crippen molar-refractivity contribution >= 4 is 5.91 Å². The fourth-order valence-electron chi connectivity index (χ4n) is 8.08. The number of aliphatic hydroxyl groups excluding tert-OH is 7. The fourth-order valence-corrected chi connectivity index (χ4v) is 8.08. The van der Waals surface area contributed by atoms with Gasteiger partial charge in [-0.25, -0.2) is 0 Å². The second-order valence-corrected chi connectivity index (χ2v) is 18.6. The molecular formula is C55H99NO10. The molecule has 11 nitrogen and oxygen atoms in total. The maximum Gasteiger partial charge on any atom is 0.249 e.